The van der Waals surface area contributed by atoms with Crippen LogP contribution < -0.4 is 0 Å². The smallest absolute Gasteiger partial charge is 0.305 e. The summed E-state index contributed by atoms with van der Waals surface area (Å²) in [6.07, 6.45) is 2.46. The van der Waals surface area contributed by atoms with E-state index in [9.17, 15) is 9.18 Å². The van der Waals surface area contributed by atoms with Crippen molar-refractivity contribution >= 4 is 38.9 Å². The van der Waals surface area contributed by atoms with E-state index in [1.54, 1.807) is 18.3 Å². The second-order valence-corrected chi connectivity index (χ2v) is 7.32. The molecule has 0 radical (unpaired) electrons. The molecule has 1 N–H and O–H groups in total. The molecule has 0 fully saturated rings. The summed E-state index contributed by atoms with van der Waals surface area (Å²) in [7, 11) is 1.37. The van der Waals surface area contributed by atoms with Gasteiger partial charge in [-0.15, -0.1) is 0 Å². The Kier molecular flexibility index (Phi) is 4.99. The lowest BCUT2D eigenvalue weighted by atomic mass is 9.96. The van der Waals surface area contributed by atoms with Gasteiger partial charge in [-0.2, -0.15) is 5.10 Å². The number of hydrogen-bond acceptors (Lipinski definition) is 3. The number of hydrogen-bond donors (Lipinski definition) is 1. The molecule has 30 heavy (non-hydrogen) atoms. The molecule has 152 valence electrons. The van der Waals surface area contributed by atoms with E-state index in [4.69, 9.17) is 4.74 Å². The number of aromatic nitrogens is 3. The topological polar surface area (TPSA) is 59.9 Å². The van der Waals surface area contributed by atoms with E-state index in [2.05, 4.69) is 27.9 Å². The van der Waals surface area contributed by atoms with Crippen LogP contribution in [0, 0.1) is 5.82 Å². The molecule has 4 aromatic rings. The van der Waals surface area contributed by atoms with Crippen molar-refractivity contribution in [3.63, 3.8) is 0 Å². The second-order valence-electron chi connectivity index (χ2n) is 7.32. The van der Waals surface area contributed by atoms with Gasteiger partial charge in [0.2, 0.25) is 0 Å². The highest BCUT2D eigenvalue weighted by molar-refractivity contribution is 6.05. The Hall–Kier alpha value is -3.67. The Bertz CT molecular complexity index is 1300. The number of H-pyrrole nitrogens is 1. The van der Waals surface area contributed by atoms with E-state index in [1.807, 2.05) is 19.1 Å². The fourth-order valence-corrected chi connectivity index (χ4v) is 3.82. The third-order valence-corrected chi connectivity index (χ3v) is 5.23. The summed E-state index contributed by atoms with van der Waals surface area (Å²) < 4.78 is 20.4. The van der Waals surface area contributed by atoms with Crippen LogP contribution in [0.15, 0.2) is 55.8 Å². The van der Waals surface area contributed by atoms with Crippen molar-refractivity contribution in [2.75, 3.05) is 7.11 Å². The molecule has 0 aliphatic carbocycles. The molecule has 0 saturated carbocycles. The van der Waals surface area contributed by atoms with Crippen molar-refractivity contribution in [2.45, 2.75) is 19.8 Å². The van der Waals surface area contributed by atoms with Gasteiger partial charge in [-0.05, 0) is 60.9 Å². The summed E-state index contributed by atoms with van der Waals surface area (Å²) in [6, 6.07) is 10.4. The number of fused-ring (bicyclic) bond motifs is 2. The number of halogens is 1. The number of allylic oxidation sites excluding steroid dienone is 2. The number of carbonyl (C=O) groups excluding carboxylic acids is 1. The summed E-state index contributed by atoms with van der Waals surface area (Å²) in [5, 5.41) is 9.07. The van der Waals surface area contributed by atoms with Gasteiger partial charge in [-0.1, -0.05) is 13.2 Å². The lowest BCUT2D eigenvalue weighted by Gasteiger charge is -2.13. The van der Waals surface area contributed by atoms with Crippen LogP contribution in [0.1, 0.15) is 31.0 Å². The Morgan fingerprint density at radius 2 is 1.93 bits per heavy atom. The minimum Gasteiger partial charge on any atom is -0.469 e. The highest BCUT2D eigenvalue weighted by atomic mass is 19.1. The normalized spacial score (nSPS) is 11.2. The molecule has 0 saturated heterocycles. The highest BCUT2D eigenvalue weighted by Gasteiger charge is 2.22. The molecule has 2 aromatic heterocycles. The molecule has 6 heteroatoms. The van der Waals surface area contributed by atoms with E-state index in [0.717, 1.165) is 49.9 Å². The van der Waals surface area contributed by atoms with Gasteiger partial charge in [0.1, 0.15) is 5.82 Å². The van der Waals surface area contributed by atoms with Gasteiger partial charge in [0.15, 0.2) is 0 Å². The van der Waals surface area contributed by atoms with Crippen molar-refractivity contribution in [3.8, 4) is 5.69 Å². The molecule has 2 aromatic carbocycles. The summed E-state index contributed by atoms with van der Waals surface area (Å²) in [5.74, 6) is -0.585. The Morgan fingerprint density at radius 1 is 1.20 bits per heavy atom. The molecule has 2 heterocycles. The van der Waals surface area contributed by atoms with E-state index >= 15 is 0 Å². The monoisotopic (exact) mass is 403 g/mol. The van der Waals surface area contributed by atoms with Crippen LogP contribution in [0.2, 0.25) is 0 Å². The molecular weight excluding hydrogens is 381 g/mol. The molecule has 0 unspecified atom stereocenters. The van der Waals surface area contributed by atoms with Crippen molar-refractivity contribution in [1.29, 1.82) is 0 Å². The predicted molar refractivity (Wildman–Crippen MR) is 118 cm³/mol. The molecule has 0 atom stereocenters. The zero-order chi connectivity index (χ0) is 21.4. The fraction of sp³-hybridized carbons (Fsp3) is 0.167. The third-order valence-electron chi connectivity index (χ3n) is 5.23. The minimum atomic E-state index is -0.299. The number of carbonyl (C=O) groups is 1. The van der Waals surface area contributed by atoms with Crippen LogP contribution in [0.5, 0.6) is 0 Å². The van der Waals surface area contributed by atoms with Crippen molar-refractivity contribution in [1.82, 2.24) is 14.8 Å². The highest BCUT2D eigenvalue weighted by Crippen LogP contribution is 2.39. The van der Waals surface area contributed by atoms with E-state index in [1.165, 1.54) is 19.2 Å². The molecule has 0 amide bonds. The number of rotatable bonds is 6. The maximum atomic E-state index is 13.6. The summed E-state index contributed by atoms with van der Waals surface area (Å²) in [4.78, 5) is 11.7. The number of aromatic amines is 1. The third kappa shape index (κ3) is 3.30. The lowest BCUT2D eigenvalue weighted by molar-refractivity contribution is -0.140. The summed E-state index contributed by atoms with van der Waals surface area (Å²) >= 11 is 0. The van der Waals surface area contributed by atoms with Crippen LogP contribution >= 0.6 is 0 Å². The van der Waals surface area contributed by atoms with Crippen molar-refractivity contribution in [2.24, 2.45) is 0 Å². The fourth-order valence-electron chi connectivity index (χ4n) is 3.82. The molecule has 0 aliphatic heterocycles. The second kappa shape index (κ2) is 7.63. The minimum absolute atomic E-state index is 0.237. The van der Waals surface area contributed by atoms with Crippen LogP contribution in [-0.4, -0.2) is 27.8 Å². The molecule has 0 spiro atoms. The predicted octanol–water partition coefficient (Wildman–Crippen LogP) is 5.65. The van der Waals surface area contributed by atoms with E-state index in [-0.39, 0.29) is 18.2 Å². The number of nitrogens with zero attached hydrogens (tertiary/aromatic N) is 2. The van der Waals surface area contributed by atoms with Gasteiger partial charge >= 0.3 is 5.97 Å². The molecule has 0 bridgehead atoms. The van der Waals surface area contributed by atoms with Gasteiger partial charge in [0.05, 0.1) is 30.0 Å². The summed E-state index contributed by atoms with van der Waals surface area (Å²) in [6.45, 7) is 10.4. The Balaban J connectivity index is 2.02. The maximum Gasteiger partial charge on any atom is 0.305 e. The maximum absolute atomic E-state index is 13.6. The molecule has 0 aliphatic rings. The Morgan fingerprint density at radius 3 is 2.60 bits per heavy atom. The van der Waals surface area contributed by atoms with Gasteiger partial charge in [0.25, 0.3) is 0 Å². The molecular formula is C24H22FN3O2. The first-order chi connectivity index (χ1) is 14.4. The van der Waals surface area contributed by atoms with Crippen LogP contribution in [0.3, 0.4) is 0 Å². The SMILES string of the molecule is C=C(CCC(=O)OC)c1c(C(=C)C)n(-c2ccc(F)cc2)c2cc3cn[nH]c3cc12. The van der Waals surface area contributed by atoms with Crippen molar-refractivity contribution in [3.05, 3.63) is 72.8 Å². The van der Waals surface area contributed by atoms with E-state index in [0.29, 0.717) is 6.42 Å². The quantitative estimate of drug-likeness (QED) is 0.424. The lowest BCUT2D eigenvalue weighted by Crippen LogP contribution is -2.02. The number of benzene rings is 2. The largest absolute Gasteiger partial charge is 0.469 e. The molecule has 4 rings (SSSR count). The van der Waals surface area contributed by atoms with Crippen LogP contribution in [0.25, 0.3) is 38.6 Å². The number of esters is 1. The number of methoxy groups -OCH3 is 1. The Labute approximate surface area is 173 Å². The first kappa shape index (κ1) is 19.6. The zero-order valence-electron chi connectivity index (χ0n) is 17.0. The number of nitrogens with one attached hydrogen (secondary N) is 1. The first-order valence-corrected chi connectivity index (χ1v) is 9.59. The van der Waals surface area contributed by atoms with Gasteiger partial charge in [-0.3, -0.25) is 9.89 Å². The zero-order valence-corrected chi connectivity index (χ0v) is 17.0. The summed E-state index contributed by atoms with van der Waals surface area (Å²) in [5.41, 5.74) is 6.09. The molecule has 5 nitrogen and oxygen atoms in total. The number of ether oxygens (including phenoxy) is 1. The van der Waals surface area contributed by atoms with E-state index < -0.39 is 0 Å². The van der Waals surface area contributed by atoms with Gasteiger partial charge in [-0.25, -0.2) is 4.39 Å². The van der Waals surface area contributed by atoms with Gasteiger partial charge < -0.3 is 9.30 Å². The van der Waals surface area contributed by atoms with Crippen LogP contribution in [0.4, 0.5) is 4.39 Å². The first-order valence-electron chi connectivity index (χ1n) is 9.59. The van der Waals surface area contributed by atoms with Crippen molar-refractivity contribution < 1.29 is 13.9 Å². The van der Waals surface area contributed by atoms with Gasteiger partial charge in [0, 0.05) is 28.4 Å². The van der Waals surface area contributed by atoms with Crippen LogP contribution in [-0.2, 0) is 9.53 Å². The standard InChI is InChI=1S/C24H22FN3O2/c1-14(2)24-23(15(3)5-10-22(29)30-4)19-12-20-16(13-26-27-20)11-21(19)28(24)18-8-6-17(25)7-9-18/h6-9,11-13H,1,3,5,10H2,2,4H3,(H,26,27). The average Bonchev–Trinajstić information content (AvgIpc) is 3.32. The average molecular weight is 403 g/mol.